The Morgan fingerprint density at radius 3 is 2.89 bits per heavy atom. The van der Waals surface area contributed by atoms with Gasteiger partial charge in [0, 0.05) is 29.2 Å². The number of nitriles is 1. The van der Waals surface area contributed by atoms with Crippen LogP contribution >= 0.6 is 0 Å². The molecule has 2 aliphatic rings. The van der Waals surface area contributed by atoms with Gasteiger partial charge < -0.3 is 15.2 Å². The van der Waals surface area contributed by atoms with Gasteiger partial charge in [0.2, 0.25) is 0 Å². The highest BCUT2D eigenvalue weighted by atomic mass is 16.6. The molecule has 1 saturated heterocycles. The van der Waals surface area contributed by atoms with Gasteiger partial charge in [0.1, 0.15) is 23.2 Å². The number of nitrogens with two attached hydrogens (primary N) is 1. The number of hydrogen-bond donors (Lipinski definition) is 1. The molecule has 1 aromatic heterocycles. The second-order valence-electron chi connectivity index (χ2n) is 6.98. The van der Waals surface area contributed by atoms with Crippen molar-refractivity contribution in [3.05, 3.63) is 41.1 Å². The zero-order valence-corrected chi connectivity index (χ0v) is 15.9. The number of para-hydroxylation sites is 1. The Morgan fingerprint density at radius 1 is 1.39 bits per heavy atom. The van der Waals surface area contributed by atoms with Crippen LogP contribution in [-0.4, -0.2) is 35.7 Å². The van der Waals surface area contributed by atoms with Crippen LogP contribution in [0.1, 0.15) is 42.6 Å². The molecule has 7 heteroatoms. The molecule has 2 atom stereocenters. The lowest BCUT2D eigenvalue weighted by Gasteiger charge is -2.36. The van der Waals surface area contributed by atoms with Gasteiger partial charge in [-0.3, -0.25) is 4.90 Å². The first-order chi connectivity index (χ1) is 13.6. The average Bonchev–Trinajstić information content (AvgIpc) is 3.02. The molecule has 0 aliphatic carbocycles. The second-order valence-corrected chi connectivity index (χ2v) is 6.98. The molecule has 1 aromatic carbocycles. The fraction of sp³-hybridized carbons (Fsp3) is 0.381. The van der Waals surface area contributed by atoms with E-state index < -0.39 is 0 Å². The first-order valence-electron chi connectivity index (χ1n) is 9.41. The number of ether oxygens (including phenoxy) is 2. The summed E-state index contributed by atoms with van der Waals surface area (Å²) in [6.07, 6.45) is 1.95. The third kappa shape index (κ3) is 2.64. The van der Waals surface area contributed by atoms with Crippen LogP contribution in [0.15, 0.2) is 24.3 Å². The normalized spacial score (nSPS) is 19.7. The van der Waals surface area contributed by atoms with E-state index >= 15 is 0 Å². The minimum atomic E-state index is -0.318. The van der Waals surface area contributed by atoms with E-state index in [0.29, 0.717) is 29.9 Å². The van der Waals surface area contributed by atoms with Crippen molar-refractivity contribution in [1.82, 2.24) is 9.88 Å². The Bertz CT molecular complexity index is 982. The van der Waals surface area contributed by atoms with Crippen LogP contribution in [0.4, 0.5) is 10.6 Å². The van der Waals surface area contributed by atoms with E-state index in [1.807, 2.05) is 29.2 Å². The number of nitrogens with zero attached hydrogens (tertiary/aromatic N) is 3. The van der Waals surface area contributed by atoms with Crippen molar-refractivity contribution >= 4 is 11.9 Å². The summed E-state index contributed by atoms with van der Waals surface area (Å²) >= 11 is 0. The predicted octanol–water partition coefficient (Wildman–Crippen LogP) is 3.43. The maximum atomic E-state index is 12.6. The Balaban J connectivity index is 1.97. The first-order valence-corrected chi connectivity index (χ1v) is 9.41. The summed E-state index contributed by atoms with van der Waals surface area (Å²) < 4.78 is 10.8. The summed E-state index contributed by atoms with van der Waals surface area (Å²) in [6, 6.07) is 9.60. The lowest BCUT2D eigenvalue weighted by molar-refractivity contribution is 0.0835. The number of nitrogen functional groups attached to an aromatic ring is 1. The summed E-state index contributed by atoms with van der Waals surface area (Å²) in [5, 5.41) is 9.84. The number of rotatable bonds is 3. The minimum Gasteiger partial charge on any atom is -0.496 e. The van der Waals surface area contributed by atoms with Crippen molar-refractivity contribution < 1.29 is 14.3 Å². The number of aromatic nitrogens is 1. The lowest BCUT2D eigenvalue weighted by atomic mass is 9.86. The summed E-state index contributed by atoms with van der Waals surface area (Å²) in [4.78, 5) is 19.0. The fourth-order valence-corrected chi connectivity index (χ4v) is 4.49. The molecule has 2 unspecified atom stereocenters. The van der Waals surface area contributed by atoms with Gasteiger partial charge in [-0.2, -0.15) is 5.26 Å². The monoisotopic (exact) mass is 378 g/mol. The summed E-state index contributed by atoms with van der Waals surface area (Å²) in [7, 11) is 1.60. The molecule has 0 saturated carbocycles. The number of hydrogen-bond acceptors (Lipinski definition) is 6. The highest BCUT2D eigenvalue weighted by Gasteiger charge is 2.46. The van der Waals surface area contributed by atoms with E-state index in [1.54, 1.807) is 14.0 Å². The molecule has 2 bridgehead atoms. The van der Waals surface area contributed by atoms with Gasteiger partial charge in [0.25, 0.3) is 0 Å². The smallest absolute Gasteiger partial charge is 0.410 e. The third-order valence-electron chi connectivity index (χ3n) is 5.57. The van der Waals surface area contributed by atoms with Crippen molar-refractivity contribution in [1.29, 1.82) is 5.26 Å². The molecule has 1 amide bonds. The van der Waals surface area contributed by atoms with E-state index in [2.05, 4.69) is 11.1 Å². The molecule has 2 aliphatic heterocycles. The molecule has 0 radical (unpaired) electrons. The zero-order chi connectivity index (χ0) is 19.8. The largest absolute Gasteiger partial charge is 0.496 e. The number of fused-ring (bicyclic) bond motifs is 4. The maximum absolute atomic E-state index is 12.6. The Hall–Kier alpha value is -3.27. The van der Waals surface area contributed by atoms with E-state index in [9.17, 15) is 10.1 Å². The summed E-state index contributed by atoms with van der Waals surface area (Å²) in [5.74, 6) is 0.862. The predicted molar refractivity (Wildman–Crippen MR) is 104 cm³/mol. The Labute approximate surface area is 163 Å². The molecule has 28 heavy (non-hydrogen) atoms. The molecule has 3 heterocycles. The van der Waals surface area contributed by atoms with Crippen molar-refractivity contribution in [2.24, 2.45) is 0 Å². The minimum absolute atomic E-state index is 0.0434. The maximum Gasteiger partial charge on any atom is 0.410 e. The standard InChI is InChI=1S/C21H22N4O3/c1-3-28-21(26)25-12-8-9-16(25)19-15(10-12)24-20(23)14(11-22)18(19)13-6-4-5-7-17(13)27-2/h4-7,12,16H,3,8-10H2,1-2H3,(H2,23,24). The molecular weight excluding hydrogens is 356 g/mol. The average molecular weight is 378 g/mol. The lowest BCUT2D eigenvalue weighted by Crippen LogP contribution is -2.43. The van der Waals surface area contributed by atoms with Crippen LogP contribution in [0, 0.1) is 11.3 Å². The van der Waals surface area contributed by atoms with Crippen LogP contribution in [0.25, 0.3) is 11.1 Å². The Morgan fingerprint density at radius 2 is 2.18 bits per heavy atom. The van der Waals surface area contributed by atoms with Crippen LogP contribution in [0.5, 0.6) is 5.75 Å². The topological polar surface area (TPSA) is 101 Å². The van der Waals surface area contributed by atoms with Gasteiger partial charge in [-0.1, -0.05) is 18.2 Å². The summed E-state index contributed by atoms with van der Waals surface area (Å²) in [5.41, 5.74) is 9.70. The Kier molecular flexibility index (Phi) is 4.55. The van der Waals surface area contributed by atoms with Crippen LogP contribution in [0.3, 0.4) is 0 Å². The number of carbonyl (C=O) groups excluding carboxylic acids is 1. The number of anilines is 1. The van der Waals surface area contributed by atoms with E-state index in [0.717, 1.165) is 29.7 Å². The first kappa shape index (κ1) is 18.1. The van der Waals surface area contributed by atoms with E-state index in [-0.39, 0.29) is 24.0 Å². The highest BCUT2D eigenvalue weighted by Crippen LogP contribution is 2.50. The zero-order valence-electron chi connectivity index (χ0n) is 15.9. The second kappa shape index (κ2) is 7.04. The number of methoxy groups -OCH3 is 1. The van der Waals surface area contributed by atoms with Crippen LogP contribution in [0.2, 0.25) is 0 Å². The fourth-order valence-electron chi connectivity index (χ4n) is 4.49. The molecule has 2 aromatic rings. The number of amides is 1. The molecule has 2 N–H and O–H groups in total. The van der Waals surface area contributed by atoms with Gasteiger partial charge in [-0.25, -0.2) is 9.78 Å². The van der Waals surface area contributed by atoms with Gasteiger partial charge in [-0.15, -0.1) is 0 Å². The van der Waals surface area contributed by atoms with E-state index in [1.165, 1.54) is 0 Å². The van der Waals surface area contributed by atoms with Gasteiger partial charge in [0.15, 0.2) is 0 Å². The molecule has 1 fully saturated rings. The molecule has 4 rings (SSSR count). The third-order valence-corrected chi connectivity index (χ3v) is 5.57. The van der Waals surface area contributed by atoms with Crippen LogP contribution < -0.4 is 10.5 Å². The molecule has 0 spiro atoms. The van der Waals surface area contributed by atoms with Crippen molar-refractivity contribution in [2.45, 2.75) is 38.3 Å². The molecular formula is C21H22N4O3. The van der Waals surface area contributed by atoms with Gasteiger partial charge in [-0.05, 0) is 25.8 Å². The quantitative estimate of drug-likeness (QED) is 0.878. The molecule has 144 valence electrons. The SMILES string of the molecule is CCOC(=O)N1C2CCC1c1c(nc(N)c(C#N)c1-c1ccccc1OC)C2. The number of pyridine rings is 1. The van der Waals surface area contributed by atoms with Gasteiger partial charge >= 0.3 is 6.09 Å². The van der Waals surface area contributed by atoms with Crippen molar-refractivity contribution in [3.63, 3.8) is 0 Å². The van der Waals surface area contributed by atoms with Crippen molar-refractivity contribution in [2.75, 3.05) is 19.5 Å². The van der Waals surface area contributed by atoms with Crippen LogP contribution in [-0.2, 0) is 11.2 Å². The van der Waals surface area contributed by atoms with Crippen molar-refractivity contribution in [3.8, 4) is 22.9 Å². The number of benzene rings is 1. The van der Waals surface area contributed by atoms with Gasteiger partial charge in [0.05, 0.1) is 25.5 Å². The number of carbonyl (C=O) groups is 1. The highest BCUT2D eigenvalue weighted by molar-refractivity contribution is 5.84. The summed E-state index contributed by atoms with van der Waals surface area (Å²) in [6.45, 7) is 2.12. The molecule has 7 nitrogen and oxygen atoms in total. The van der Waals surface area contributed by atoms with E-state index in [4.69, 9.17) is 15.2 Å².